The maximum Gasteiger partial charge on any atom is 0.246 e. The van der Waals surface area contributed by atoms with Crippen LogP contribution >= 0.6 is 0 Å². The van der Waals surface area contributed by atoms with Crippen molar-refractivity contribution in [2.24, 2.45) is 11.0 Å². The van der Waals surface area contributed by atoms with Gasteiger partial charge in [-0.05, 0) is 25.3 Å². The Hall–Kier alpha value is -3.29. The zero-order valence-corrected chi connectivity index (χ0v) is 16.5. The Morgan fingerprint density at radius 3 is 2.90 bits per heavy atom. The second-order valence-corrected chi connectivity index (χ2v) is 7.26. The number of nitrogens with zero attached hydrogens (tertiary/aromatic N) is 6. The van der Waals surface area contributed by atoms with Crippen molar-refractivity contribution >= 4 is 29.2 Å². The number of carbonyl (C=O) groups is 1. The molecule has 8 heteroatoms. The quantitative estimate of drug-likeness (QED) is 0.792. The van der Waals surface area contributed by atoms with E-state index in [9.17, 15) is 4.79 Å². The molecule has 0 unspecified atom stereocenters. The number of hydrogen-bond donors (Lipinski definition) is 1. The van der Waals surface area contributed by atoms with Crippen LogP contribution in [-0.4, -0.2) is 56.2 Å². The first kappa shape index (κ1) is 19.0. The maximum atomic E-state index is 13.1. The van der Waals surface area contributed by atoms with Crippen molar-refractivity contribution < 1.29 is 4.79 Å². The van der Waals surface area contributed by atoms with Crippen LogP contribution in [0.4, 0.5) is 5.95 Å². The van der Waals surface area contributed by atoms with E-state index in [2.05, 4.69) is 36.5 Å². The van der Waals surface area contributed by atoms with Crippen molar-refractivity contribution in [3.05, 3.63) is 49.0 Å². The number of allylic oxidation sites excluding steroid dienone is 3. The number of aromatic nitrogens is 4. The number of H-pyrrole nitrogens is 1. The number of piperidine rings is 1. The van der Waals surface area contributed by atoms with Crippen molar-refractivity contribution in [3.8, 4) is 0 Å². The zero-order valence-electron chi connectivity index (χ0n) is 16.5. The molecule has 2 aliphatic rings. The summed E-state index contributed by atoms with van der Waals surface area (Å²) in [6.45, 7) is 7.56. The van der Waals surface area contributed by atoms with Gasteiger partial charge in [-0.2, -0.15) is 10.1 Å². The van der Waals surface area contributed by atoms with E-state index in [1.54, 1.807) is 23.7 Å². The minimum atomic E-state index is -0.0903. The van der Waals surface area contributed by atoms with E-state index in [1.807, 2.05) is 31.2 Å². The molecule has 0 aromatic carbocycles. The number of imidazole rings is 1. The van der Waals surface area contributed by atoms with Gasteiger partial charge in [0.25, 0.3) is 0 Å². The van der Waals surface area contributed by atoms with Gasteiger partial charge in [0.2, 0.25) is 11.9 Å². The maximum absolute atomic E-state index is 13.1. The van der Waals surface area contributed by atoms with E-state index in [0.29, 0.717) is 18.0 Å². The van der Waals surface area contributed by atoms with Crippen molar-refractivity contribution in [2.45, 2.75) is 32.2 Å². The third-order valence-corrected chi connectivity index (χ3v) is 5.39. The van der Waals surface area contributed by atoms with Crippen LogP contribution in [0.25, 0.3) is 11.2 Å². The van der Waals surface area contributed by atoms with E-state index >= 15 is 0 Å². The molecule has 2 aliphatic heterocycles. The van der Waals surface area contributed by atoms with Crippen molar-refractivity contribution in [1.29, 1.82) is 0 Å². The lowest BCUT2D eigenvalue weighted by Crippen LogP contribution is -2.43. The molecule has 0 aliphatic carbocycles. The molecule has 2 aromatic heterocycles. The van der Waals surface area contributed by atoms with Gasteiger partial charge in [0.15, 0.2) is 5.65 Å². The van der Waals surface area contributed by atoms with E-state index in [4.69, 9.17) is 0 Å². The number of anilines is 1. The lowest BCUT2D eigenvalue weighted by Gasteiger charge is -2.33. The lowest BCUT2D eigenvalue weighted by atomic mass is 9.94. The highest BCUT2D eigenvalue weighted by Crippen LogP contribution is 2.27. The van der Waals surface area contributed by atoms with Gasteiger partial charge in [-0.15, -0.1) is 0 Å². The Labute approximate surface area is 169 Å². The molecular weight excluding hydrogens is 366 g/mol. The van der Waals surface area contributed by atoms with Gasteiger partial charge in [-0.25, -0.2) is 15.0 Å². The van der Waals surface area contributed by atoms with Crippen LogP contribution in [0.15, 0.2) is 54.1 Å². The smallest absolute Gasteiger partial charge is 0.246 e. The third kappa shape index (κ3) is 3.96. The molecule has 0 saturated carbocycles. The Morgan fingerprint density at radius 2 is 2.10 bits per heavy atom. The summed E-state index contributed by atoms with van der Waals surface area (Å²) >= 11 is 0. The fourth-order valence-corrected chi connectivity index (χ4v) is 3.73. The average Bonchev–Trinajstić information content (AvgIpc) is 3.42. The van der Waals surface area contributed by atoms with Crippen LogP contribution in [0.2, 0.25) is 0 Å². The fourth-order valence-electron chi connectivity index (χ4n) is 3.73. The van der Waals surface area contributed by atoms with Gasteiger partial charge < -0.3 is 9.88 Å². The first-order chi connectivity index (χ1) is 14.2. The average molecular weight is 391 g/mol. The molecule has 1 fully saturated rings. The van der Waals surface area contributed by atoms with Crippen LogP contribution in [0, 0.1) is 5.92 Å². The highest BCUT2D eigenvalue weighted by molar-refractivity contribution is 5.82. The lowest BCUT2D eigenvalue weighted by molar-refractivity contribution is -0.137. The summed E-state index contributed by atoms with van der Waals surface area (Å²) in [6, 6.07) is -0.0903. The number of rotatable bonds is 5. The monoisotopic (exact) mass is 391 g/mol. The molecule has 4 heterocycles. The molecule has 1 amide bonds. The van der Waals surface area contributed by atoms with Crippen LogP contribution in [0.3, 0.4) is 0 Å². The highest BCUT2D eigenvalue weighted by atomic mass is 16.2. The number of hydrazone groups is 1. The number of amides is 1. The van der Waals surface area contributed by atoms with E-state index in [0.717, 1.165) is 37.0 Å². The highest BCUT2D eigenvalue weighted by Gasteiger charge is 2.35. The second-order valence-electron chi connectivity index (χ2n) is 7.26. The van der Waals surface area contributed by atoms with E-state index in [-0.39, 0.29) is 17.9 Å². The summed E-state index contributed by atoms with van der Waals surface area (Å²) in [5.74, 6) is 0.688. The molecule has 1 saturated heterocycles. The molecule has 2 aromatic rings. The number of fused-ring (bicyclic) bond motifs is 1. The Balaban J connectivity index is 1.38. The molecule has 8 nitrogen and oxygen atoms in total. The van der Waals surface area contributed by atoms with E-state index in [1.165, 1.54) is 0 Å². The van der Waals surface area contributed by atoms with Crippen molar-refractivity contribution in [2.75, 3.05) is 18.0 Å². The molecule has 0 bridgehead atoms. The molecule has 150 valence electrons. The number of aromatic amines is 1. The summed E-state index contributed by atoms with van der Waals surface area (Å²) < 4.78 is 0. The van der Waals surface area contributed by atoms with Crippen LogP contribution in [0.1, 0.15) is 26.2 Å². The van der Waals surface area contributed by atoms with Crippen LogP contribution in [-0.2, 0) is 4.79 Å². The van der Waals surface area contributed by atoms with Gasteiger partial charge >= 0.3 is 0 Å². The molecular formula is C21H25N7O. The standard InChI is InChI=1S/C21H25N7O/c1-3-4-5-6-15(2)18-7-10-25-28(18)20(29)16-8-11-27(12-9-16)21-22-13-17-19(26-21)24-14-23-17/h3-6,10,13-14,16,18H,2,7-9,11-12H2,1H3,(H,22,23,24,26)/b4-3-,6-5-/t18-/m0/s1. The molecule has 1 atom stereocenters. The Kier molecular flexibility index (Phi) is 5.50. The van der Waals surface area contributed by atoms with Gasteiger partial charge in [-0.1, -0.05) is 30.9 Å². The topological polar surface area (TPSA) is 90.4 Å². The largest absolute Gasteiger partial charge is 0.342 e. The summed E-state index contributed by atoms with van der Waals surface area (Å²) in [4.78, 5) is 31.3. The van der Waals surface area contributed by atoms with Crippen molar-refractivity contribution in [3.63, 3.8) is 0 Å². The molecule has 0 radical (unpaired) electrons. The van der Waals surface area contributed by atoms with Gasteiger partial charge in [-0.3, -0.25) is 4.79 Å². The molecule has 4 rings (SSSR count). The number of hydrogen-bond acceptors (Lipinski definition) is 6. The number of carbonyl (C=O) groups excluding carboxylic acids is 1. The first-order valence-corrected chi connectivity index (χ1v) is 9.92. The SMILES string of the molecule is C=C(/C=C\C=C/C)[C@@H]1CC=NN1C(=O)C1CCN(c2ncc3[nH]cnc3n2)CC1. The number of nitrogens with one attached hydrogen (secondary N) is 1. The van der Waals surface area contributed by atoms with Gasteiger partial charge in [0.1, 0.15) is 5.52 Å². The van der Waals surface area contributed by atoms with Gasteiger partial charge in [0.05, 0.1) is 18.6 Å². The predicted octanol–water partition coefficient (Wildman–Crippen LogP) is 2.84. The molecule has 29 heavy (non-hydrogen) atoms. The summed E-state index contributed by atoms with van der Waals surface area (Å²) in [5.41, 5.74) is 2.37. The van der Waals surface area contributed by atoms with Crippen molar-refractivity contribution in [1.82, 2.24) is 24.9 Å². The second kappa shape index (κ2) is 8.38. The predicted molar refractivity (Wildman–Crippen MR) is 113 cm³/mol. The zero-order chi connectivity index (χ0) is 20.2. The summed E-state index contributed by atoms with van der Waals surface area (Å²) in [6.07, 6.45) is 15.2. The van der Waals surface area contributed by atoms with Crippen LogP contribution < -0.4 is 4.90 Å². The minimum absolute atomic E-state index is 0.0505. The molecule has 0 spiro atoms. The Bertz CT molecular complexity index is 982. The van der Waals surface area contributed by atoms with E-state index < -0.39 is 0 Å². The minimum Gasteiger partial charge on any atom is -0.342 e. The summed E-state index contributed by atoms with van der Waals surface area (Å²) in [5, 5.41) is 5.96. The Morgan fingerprint density at radius 1 is 1.28 bits per heavy atom. The van der Waals surface area contributed by atoms with Gasteiger partial charge in [0, 0.05) is 31.6 Å². The summed E-state index contributed by atoms with van der Waals surface area (Å²) in [7, 11) is 0. The normalized spacial score (nSPS) is 20.5. The third-order valence-electron chi connectivity index (χ3n) is 5.39. The van der Waals surface area contributed by atoms with Crippen LogP contribution in [0.5, 0.6) is 0 Å². The first-order valence-electron chi connectivity index (χ1n) is 9.92. The fraction of sp³-hybridized carbons (Fsp3) is 0.381. The molecule has 1 N–H and O–H groups in total.